The third-order valence-electron chi connectivity index (χ3n) is 7.36. The van der Waals surface area contributed by atoms with Crippen molar-refractivity contribution in [3.63, 3.8) is 0 Å². The molecule has 0 saturated heterocycles. The predicted molar refractivity (Wildman–Crippen MR) is 148 cm³/mol. The Morgan fingerprint density at radius 3 is 2.59 bits per heavy atom. The molecule has 2 aliphatic rings. The van der Waals surface area contributed by atoms with Gasteiger partial charge in [-0.1, -0.05) is 6.07 Å². The van der Waals surface area contributed by atoms with E-state index in [1.54, 1.807) is 30.5 Å². The number of rotatable bonds is 9. The summed E-state index contributed by atoms with van der Waals surface area (Å²) >= 11 is 0. The third-order valence-corrected chi connectivity index (χ3v) is 9.39. The second-order valence-electron chi connectivity index (χ2n) is 10.4. The number of aliphatic hydroxyl groups excluding tert-OH is 1. The number of aliphatic hydroxyl groups is 1. The number of hydrogen-bond donors (Lipinski definition) is 3. The average Bonchev–Trinajstić information content (AvgIpc) is 3.72. The van der Waals surface area contributed by atoms with Crippen molar-refractivity contribution >= 4 is 27.3 Å². The zero-order valence-electron chi connectivity index (χ0n) is 21.9. The minimum Gasteiger partial charge on any atom is -0.393 e. The van der Waals surface area contributed by atoms with Crippen molar-refractivity contribution < 1.29 is 22.3 Å². The van der Waals surface area contributed by atoms with Gasteiger partial charge >= 0.3 is 0 Å². The Morgan fingerprint density at radius 2 is 1.85 bits per heavy atom. The molecular formula is C27H28F2N8O3S. The number of anilines is 3. The Bertz CT molecular complexity index is 1670. The maximum absolute atomic E-state index is 14.6. The molecular weight excluding hydrogens is 554 g/mol. The van der Waals surface area contributed by atoms with Crippen LogP contribution in [-0.2, 0) is 10.0 Å². The van der Waals surface area contributed by atoms with Crippen LogP contribution in [0.5, 0.6) is 0 Å². The van der Waals surface area contributed by atoms with E-state index in [-0.39, 0.29) is 24.7 Å². The van der Waals surface area contributed by atoms with Crippen LogP contribution in [0.15, 0.2) is 55.1 Å². The zero-order chi connectivity index (χ0) is 28.6. The fraction of sp³-hybridized carbons (Fsp3) is 0.370. The fourth-order valence-electron chi connectivity index (χ4n) is 4.84. The molecule has 11 nitrogen and oxygen atoms in total. The van der Waals surface area contributed by atoms with E-state index >= 15 is 0 Å². The van der Waals surface area contributed by atoms with E-state index in [4.69, 9.17) is 0 Å². The molecule has 0 aliphatic heterocycles. The number of hydrogen-bond acceptors (Lipinski definition) is 10. The van der Waals surface area contributed by atoms with Gasteiger partial charge in [-0.2, -0.15) is 13.6 Å². The lowest BCUT2D eigenvalue weighted by Crippen LogP contribution is -2.37. The summed E-state index contributed by atoms with van der Waals surface area (Å²) in [5, 5.41) is 19.6. The lowest BCUT2D eigenvalue weighted by Gasteiger charge is -2.33. The standard InChI is InChI=1S/C27H28F2N8O3S/c28-23-3-1-2-21(34-23)20-14-31-25(12-22(20)33-18-6-9-27(29,16-38)10-7-18)35-24-8-11-30-26(36-24)17-13-32-37(15-17)41(39,40)19-4-5-19/h1-3,8,11-15,18-19,38H,4-7,9-10,16H2,(H2,30,31,33,35,36). The molecule has 4 aromatic heterocycles. The molecule has 0 atom stereocenters. The molecule has 4 aromatic rings. The van der Waals surface area contributed by atoms with Gasteiger partial charge in [0.05, 0.1) is 35.5 Å². The number of nitrogens with zero attached hydrogens (tertiary/aromatic N) is 6. The van der Waals surface area contributed by atoms with E-state index in [1.165, 1.54) is 24.7 Å². The van der Waals surface area contributed by atoms with Crippen LogP contribution in [0.25, 0.3) is 22.6 Å². The molecule has 6 rings (SSSR count). The third kappa shape index (κ3) is 5.88. The average molecular weight is 583 g/mol. The molecule has 0 amide bonds. The number of pyridine rings is 2. The van der Waals surface area contributed by atoms with Crippen LogP contribution in [0.2, 0.25) is 0 Å². The van der Waals surface area contributed by atoms with Gasteiger partial charge in [0.25, 0.3) is 10.0 Å². The van der Waals surface area contributed by atoms with Crippen molar-refractivity contribution in [2.24, 2.45) is 0 Å². The lowest BCUT2D eigenvalue weighted by molar-refractivity contribution is 0.0337. The minimum atomic E-state index is -3.51. The number of alkyl halides is 1. The summed E-state index contributed by atoms with van der Waals surface area (Å²) in [6, 6.07) is 7.82. The van der Waals surface area contributed by atoms with Crippen LogP contribution in [0.4, 0.5) is 26.1 Å². The molecule has 2 fully saturated rings. The van der Waals surface area contributed by atoms with E-state index in [0.717, 1.165) is 4.09 Å². The van der Waals surface area contributed by atoms with E-state index < -0.39 is 33.5 Å². The first-order chi connectivity index (χ1) is 19.7. The van der Waals surface area contributed by atoms with Gasteiger partial charge < -0.3 is 15.7 Å². The monoisotopic (exact) mass is 582 g/mol. The van der Waals surface area contributed by atoms with Crippen LogP contribution in [0.1, 0.15) is 38.5 Å². The van der Waals surface area contributed by atoms with Crippen molar-refractivity contribution in [2.75, 3.05) is 17.2 Å². The van der Waals surface area contributed by atoms with Crippen LogP contribution in [0.3, 0.4) is 0 Å². The second kappa shape index (κ2) is 10.7. The number of nitrogens with one attached hydrogen (secondary N) is 2. The van der Waals surface area contributed by atoms with Crippen molar-refractivity contribution in [3.05, 3.63) is 61.1 Å². The van der Waals surface area contributed by atoms with Gasteiger partial charge in [0.15, 0.2) is 5.82 Å². The van der Waals surface area contributed by atoms with Gasteiger partial charge in [0.1, 0.15) is 17.3 Å². The van der Waals surface area contributed by atoms with Gasteiger partial charge in [0, 0.05) is 35.8 Å². The van der Waals surface area contributed by atoms with Crippen LogP contribution in [0, 0.1) is 5.95 Å². The van der Waals surface area contributed by atoms with Gasteiger partial charge in [-0.15, -0.1) is 0 Å². The normalized spacial score (nSPS) is 21.0. The SMILES string of the molecule is O=S(=O)(C1CC1)n1cc(-c2nccc(Nc3cc(NC4CCC(F)(CO)CC4)c(-c4cccc(F)n4)cn3)n2)cn1. The molecule has 2 saturated carbocycles. The van der Waals surface area contributed by atoms with Gasteiger partial charge in [-0.05, 0) is 56.7 Å². The van der Waals surface area contributed by atoms with Crippen molar-refractivity contribution in [1.82, 2.24) is 29.1 Å². The fourth-order valence-corrected chi connectivity index (χ4v) is 6.32. The van der Waals surface area contributed by atoms with Crippen molar-refractivity contribution in [1.29, 1.82) is 0 Å². The van der Waals surface area contributed by atoms with E-state index in [2.05, 4.69) is 35.7 Å². The van der Waals surface area contributed by atoms with E-state index in [9.17, 15) is 22.3 Å². The molecule has 0 radical (unpaired) electrons. The first kappa shape index (κ1) is 27.1. The summed E-state index contributed by atoms with van der Waals surface area (Å²) in [4.78, 5) is 17.2. The number of halogens is 2. The first-order valence-electron chi connectivity index (χ1n) is 13.3. The van der Waals surface area contributed by atoms with Crippen LogP contribution >= 0.6 is 0 Å². The molecule has 0 spiro atoms. The molecule has 0 unspecified atom stereocenters. The molecule has 14 heteroatoms. The summed E-state index contributed by atoms with van der Waals surface area (Å²) < 4.78 is 54.5. The lowest BCUT2D eigenvalue weighted by atomic mass is 9.84. The summed E-state index contributed by atoms with van der Waals surface area (Å²) in [6.45, 7) is -0.500. The summed E-state index contributed by atoms with van der Waals surface area (Å²) in [6.07, 6.45) is 8.66. The summed E-state index contributed by atoms with van der Waals surface area (Å²) in [7, 11) is -3.51. The molecule has 214 valence electrons. The predicted octanol–water partition coefficient (Wildman–Crippen LogP) is 4.08. The van der Waals surface area contributed by atoms with Gasteiger partial charge in [-0.25, -0.2) is 32.7 Å². The topological polar surface area (TPSA) is 148 Å². The smallest absolute Gasteiger partial charge is 0.256 e. The quantitative estimate of drug-likeness (QED) is 0.247. The van der Waals surface area contributed by atoms with Crippen LogP contribution in [-0.4, -0.2) is 66.2 Å². The second-order valence-corrected chi connectivity index (χ2v) is 12.5. The molecule has 2 aliphatic carbocycles. The highest BCUT2D eigenvalue weighted by atomic mass is 32.2. The number of aromatic nitrogens is 6. The van der Waals surface area contributed by atoms with Gasteiger partial charge in [0.2, 0.25) is 5.95 Å². The van der Waals surface area contributed by atoms with E-state index in [0.29, 0.717) is 59.8 Å². The highest BCUT2D eigenvalue weighted by molar-refractivity contribution is 7.90. The maximum atomic E-state index is 14.6. The molecule has 3 N–H and O–H groups in total. The first-order valence-corrected chi connectivity index (χ1v) is 14.8. The Morgan fingerprint density at radius 1 is 1.05 bits per heavy atom. The van der Waals surface area contributed by atoms with Crippen molar-refractivity contribution in [2.45, 2.75) is 55.5 Å². The molecule has 41 heavy (non-hydrogen) atoms. The van der Waals surface area contributed by atoms with Gasteiger partial charge in [-0.3, -0.25) is 0 Å². The zero-order valence-corrected chi connectivity index (χ0v) is 22.7. The van der Waals surface area contributed by atoms with Crippen LogP contribution < -0.4 is 10.6 Å². The van der Waals surface area contributed by atoms with Crippen molar-refractivity contribution in [3.8, 4) is 22.6 Å². The minimum absolute atomic E-state index is 0.0675. The van der Waals surface area contributed by atoms with E-state index in [1.807, 2.05) is 0 Å². The summed E-state index contributed by atoms with van der Waals surface area (Å²) in [5.74, 6) is 0.494. The highest BCUT2D eigenvalue weighted by Gasteiger charge is 2.38. The summed E-state index contributed by atoms with van der Waals surface area (Å²) in [5.41, 5.74) is 0.466. The highest BCUT2D eigenvalue weighted by Crippen LogP contribution is 2.36. The molecule has 4 heterocycles. The largest absolute Gasteiger partial charge is 0.393 e. The Hall–Kier alpha value is -4.04. The Balaban J connectivity index is 1.25. The molecule has 0 bridgehead atoms. The Kier molecular flexibility index (Phi) is 7.11. The maximum Gasteiger partial charge on any atom is 0.256 e. The molecule has 0 aromatic carbocycles. The Labute approximate surface area is 235 Å².